The topological polar surface area (TPSA) is 136 Å². The zero-order valence-corrected chi connectivity index (χ0v) is 21.4. The Morgan fingerprint density at radius 3 is 2.51 bits per heavy atom. The quantitative estimate of drug-likeness (QED) is 0.333. The standard InChI is InChI=1S/C23H36N8O4/c1-16(19(32)33)10-25-20(24-5)31-9-8-30(15-18(31)14-29(6)7)21-26-11-17(12-27-21)13-28-22(34)35-23(2,3)4/h10-12,18H,5,8-9,13-15H2,1-4,6-7H3,(H,28,34)(H,32,33)/b16-10+,25-20?/t18-/m0/s1. The molecule has 0 saturated carbocycles. The Kier molecular flexibility index (Phi) is 9.69. The van der Waals surface area contributed by atoms with Gasteiger partial charge in [-0.25, -0.2) is 29.5 Å². The van der Waals surface area contributed by atoms with E-state index in [0.29, 0.717) is 38.1 Å². The Morgan fingerprint density at radius 2 is 1.97 bits per heavy atom. The highest BCUT2D eigenvalue weighted by atomic mass is 16.6. The Morgan fingerprint density at radius 1 is 1.31 bits per heavy atom. The maximum atomic E-state index is 11.9. The van der Waals surface area contributed by atoms with E-state index in [4.69, 9.17) is 9.84 Å². The number of hydrogen-bond acceptors (Lipinski definition) is 8. The summed E-state index contributed by atoms with van der Waals surface area (Å²) in [6.45, 7) is 13.3. The van der Waals surface area contributed by atoms with E-state index in [1.54, 1.807) is 12.4 Å². The number of amides is 1. The summed E-state index contributed by atoms with van der Waals surface area (Å²) in [5, 5.41) is 11.8. The van der Waals surface area contributed by atoms with Gasteiger partial charge in [-0.3, -0.25) is 0 Å². The molecule has 0 aliphatic carbocycles. The first-order chi connectivity index (χ1) is 16.4. The van der Waals surface area contributed by atoms with E-state index in [0.717, 1.165) is 5.56 Å². The second-order valence-electron chi connectivity index (χ2n) is 9.51. The zero-order chi connectivity index (χ0) is 26.2. The van der Waals surface area contributed by atoms with Gasteiger partial charge in [-0.1, -0.05) is 0 Å². The molecule has 1 atom stereocenters. The van der Waals surface area contributed by atoms with Crippen LogP contribution in [0.15, 0.2) is 34.2 Å². The molecule has 35 heavy (non-hydrogen) atoms. The van der Waals surface area contributed by atoms with E-state index in [9.17, 15) is 9.59 Å². The van der Waals surface area contributed by atoms with Crippen LogP contribution in [-0.2, 0) is 16.1 Å². The third-order valence-electron chi connectivity index (χ3n) is 4.98. The van der Waals surface area contributed by atoms with Crippen LogP contribution in [0.5, 0.6) is 0 Å². The number of aromatic nitrogens is 2. The van der Waals surface area contributed by atoms with Crippen molar-refractivity contribution < 1.29 is 19.4 Å². The zero-order valence-electron chi connectivity index (χ0n) is 21.4. The molecule has 1 amide bonds. The summed E-state index contributed by atoms with van der Waals surface area (Å²) in [6, 6.07) is -0.00125. The molecule has 1 aromatic heterocycles. The Labute approximate surface area is 206 Å². The number of piperazine rings is 1. The summed E-state index contributed by atoms with van der Waals surface area (Å²) >= 11 is 0. The summed E-state index contributed by atoms with van der Waals surface area (Å²) in [5.41, 5.74) is 0.310. The Bertz CT molecular complexity index is 953. The molecule has 1 aliphatic heterocycles. The van der Waals surface area contributed by atoms with Crippen LogP contribution in [0.3, 0.4) is 0 Å². The van der Waals surface area contributed by atoms with Crippen LogP contribution in [0.4, 0.5) is 10.7 Å². The number of carboxylic acids is 1. The van der Waals surface area contributed by atoms with Gasteiger partial charge in [-0.2, -0.15) is 0 Å². The number of aliphatic carboxylic acids is 1. The number of likely N-dealkylation sites (N-methyl/N-ethyl adjacent to an activating group) is 1. The Hall–Kier alpha value is -3.54. The summed E-state index contributed by atoms with van der Waals surface area (Å²) in [5.74, 6) is -0.0728. The molecular formula is C23H36N8O4. The number of hydrogen-bond donors (Lipinski definition) is 2. The van der Waals surface area contributed by atoms with Gasteiger partial charge < -0.3 is 29.9 Å². The first-order valence-electron chi connectivity index (χ1n) is 11.3. The largest absolute Gasteiger partial charge is 0.478 e. The normalized spacial score (nSPS) is 17.4. The first kappa shape index (κ1) is 27.7. The lowest BCUT2D eigenvalue weighted by atomic mass is 10.1. The summed E-state index contributed by atoms with van der Waals surface area (Å²) in [7, 11) is 3.96. The van der Waals surface area contributed by atoms with E-state index in [1.807, 2.05) is 39.8 Å². The maximum Gasteiger partial charge on any atom is 0.407 e. The van der Waals surface area contributed by atoms with Crippen LogP contribution in [0.1, 0.15) is 33.3 Å². The minimum absolute atomic E-state index is 0.00125. The lowest BCUT2D eigenvalue weighted by molar-refractivity contribution is -0.132. The van der Waals surface area contributed by atoms with Crippen LogP contribution in [0.25, 0.3) is 0 Å². The molecule has 12 heteroatoms. The molecule has 1 saturated heterocycles. The molecule has 0 unspecified atom stereocenters. The fourth-order valence-electron chi connectivity index (χ4n) is 3.38. The van der Waals surface area contributed by atoms with Crippen LogP contribution in [0.2, 0.25) is 0 Å². The number of ether oxygens (including phenoxy) is 1. The van der Waals surface area contributed by atoms with Crippen molar-refractivity contribution in [2.75, 3.05) is 45.2 Å². The number of nitrogens with one attached hydrogen (secondary N) is 1. The summed E-state index contributed by atoms with van der Waals surface area (Å²) < 4.78 is 5.24. The number of anilines is 1. The first-order valence-corrected chi connectivity index (χ1v) is 11.3. The summed E-state index contributed by atoms with van der Waals surface area (Å²) in [4.78, 5) is 46.4. The van der Waals surface area contributed by atoms with Gasteiger partial charge in [0.05, 0.1) is 11.6 Å². The van der Waals surface area contributed by atoms with Crippen LogP contribution >= 0.6 is 0 Å². The molecule has 0 radical (unpaired) electrons. The molecule has 1 aliphatic rings. The molecule has 2 heterocycles. The number of rotatable bonds is 7. The fraction of sp³-hybridized carbons (Fsp3) is 0.565. The van der Waals surface area contributed by atoms with Crippen molar-refractivity contribution in [1.29, 1.82) is 0 Å². The van der Waals surface area contributed by atoms with E-state index >= 15 is 0 Å². The number of carbonyl (C=O) groups excluding carboxylic acids is 1. The van der Waals surface area contributed by atoms with Crippen molar-refractivity contribution in [3.8, 4) is 0 Å². The highest BCUT2D eigenvalue weighted by Crippen LogP contribution is 2.17. The minimum atomic E-state index is -1.03. The predicted molar refractivity (Wildman–Crippen MR) is 135 cm³/mol. The van der Waals surface area contributed by atoms with Crippen molar-refractivity contribution >= 4 is 30.7 Å². The van der Waals surface area contributed by atoms with E-state index in [-0.39, 0.29) is 18.2 Å². The minimum Gasteiger partial charge on any atom is -0.478 e. The van der Waals surface area contributed by atoms with Gasteiger partial charge in [-0.15, -0.1) is 0 Å². The number of nitrogens with zero attached hydrogens (tertiary/aromatic N) is 7. The average molecular weight is 489 g/mol. The molecule has 1 fully saturated rings. The highest BCUT2D eigenvalue weighted by molar-refractivity contribution is 5.88. The lowest BCUT2D eigenvalue weighted by Gasteiger charge is -2.42. The Balaban J connectivity index is 2.09. The van der Waals surface area contributed by atoms with Crippen LogP contribution < -0.4 is 10.2 Å². The van der Waals surface area contributed by atoms with Crippen molar-refractivity contribution in [3.05, 3.63) is 29.7 Å². The van der Waals surface area contributed by atoms with Gasteiger partial charge in [0.1, 0.15) is 5.60 Å². The van der Waals surface area contributed by atoms with Crippen molar-refractivity contribution in [1.82, 2.24) is 25.1 Å². The van der Waals surface area contributed by atoms with E-state index in [2.05, 4.69) is 41.8 Å². The van der Waals surface area contributed by atoms with Gasteiger partial charge in [0.25, 0.3) is 0 Å². The second-order valence-corrected chi connectivity index (χ2v) is 9.51. The number of aliphatic imine (C=N–C) groups is 2. The third-order valence-corrected chi connectivity index (χ3v) is 4.98. The average Bonchev–Trinajstić information content (AvgIpc) is 2.77. The molecule has 2 rings (SSSR count). The van der Waals surface area contributed by atoms with Gasteiger partial charge >= 0.3 is 12.1 Å². The molecular weight excluding hydrogens is 452 g/mol. The number of alkyl carbamates (subject to hydrolysis) is 1. The number of guanidine groups is 1. The van der Waals surface area contributed by atoms with Crippen LogP contribution in [0, 0.1) is 0 Å². The number of carbonyl (C=O) groups is 2. The van der Waals surface area contributed by atoms with Gasteiger partial charge in [-0.05, 0) is 48.5 Å². The maximum absolute atomic E-state index is 11.9. The molecule has 0 aromatic carbocycles. The number of carboxylic acid groups (broad SMARTS) is 1. The smallest absolute Gasteiger partial charge is 0.407 e. The van der Waals surface area contributed by atoms with Gasteiger partial charge in [0.2, 0.25) is 11.9 Å². The van der Waals surface area contributed by atoms with Crippen molar-refractivity contribution in [3.63, 3.8) is 0 Å². The molecule has 192 valence electrons. The summed E-state index contributed by atoms with van der Waals surface area (Å²) in [6.07, 6.45) is 4.17. The van der Waals surface area contributed by atoms with Crippen molar-refractivity contribution in [2.24, 2.45) is 9.98 Å². The SMILES string of the molecule is C=NC(=N/C=C(\C)C(=O)O)N1CCN(c2ncc(CNC(=O)OC(C)(C)C)cn2)C[C@@H]1CN(C)C. The van der Waals surface area contributed by atoms with Gasteiger partial charge in [0, 0.05) is 56.9 Å². The molecule has 2 N–H and O–H groups in total. The molecule has 1 aromatic rings. The monoisotopic (exact) mass is 488 g/mol. The van der Waals surface area contributed by atoms with Crippen LogP contribution in [-0.4, -0.2) is 102 Å². The van der Waals surface area contributed by atoms with E-state index < -0.39 is 17.7 Å². The van der Waals surface area contributed by atoms with Crippen molar-refractivity contribution in [2.45, 2.75) is 45.9 Å². The highest BCUT2D eigenvalue weighted by Gasteiger charge is 2.30. The molecule has 12 nitrogen and oxygen atoms in total. The van der Waals surface area contributed by atoms with Gasteiger partial charge in [0.15, 0.2) is 0 Å². The van der Waals surface area contributed by atoms with E-state index in [1.165, 1.54) is 13.1 Å². The third kappa shape index (κ3) is 8.96. The fourth-order valence-corrected chi connectivity index (χ4v) is 3.38. The molecule has 0 spiro atoms. The lowest BCUT2D eigenvalue weighted by Crippen LogP contribution is -2.58. The predicted octanol–water partition coefficient (Wildman–Crippen LogP) is 1.60. The molecule has 0 bridgehead atoms. The second kappa shape index (κ2) is 12.2.